The molecule has 1 aliphatic rings. The molecule has 1 aromatic heterocycles. The minimum Gasteiger partial charge on any atom is -0.490 e. The molecule has 1 aromatic carbocycles. The Morgan fingerprint density at radius 2 is 2.07 bits per heavy atom. The maximum Gasteiger partial charge on any atom is 0.255 e. The average molecular weight is 373 g/mol. The van der Waals surface area contributed by atoms with E-state index in [-0.39, 0.29) is 37.9 Å². The number of rotatable bonds is 6. The number of primary amides is 1. The van der Waals surface area contributed by atoms with E-state index in [0.717, 1.165) is 0 Å². The lowest BCUT2D eigenvalue weighted by molar-refractivity contribution is -0.142. The van der Waals surface area contributed by atoms with Gasteiger partial charge in [0.1, 0.15) is 23.8 Å². The molecule has 142 valence electrons. The number of hydrogen-bond donors (Lipinski definition) is 1. The molecule has 0 saturated carbocycles. The molecular formula is C19H20FN3O4. The molecular weight excluding hydrogens is 353 g/mol. The summed E-state index contributed by atoms with van der Waals surface area (Å²) in [4.78, 5) is 29.9. The molecule has 0 spiro atoms. The van der Waals surface area contributed by atoms with E-state index in [9.17, 15) is 14.0 Å². The molecule has 2 heterocycles. The molecule has 1 atom stereocenters. The number of halogens is 1. The number of amides is 2. The van der Waals surface area contributed by atoms with Gasteiger partial charge in [-0.15, -0.1) is 0 Å². The van der Waals surface area contributed by atoms with Gasteiger partial charge in [0.2, 0.25) is 5.91 Å². The molecule has 1 fully saturated rings. The summed E-state index contributed by atoms with van der Waals surface area (Å²) in [7, 11) is 0. The molecule has 0 radical (unpaired) electrons. The van der Waals surface area contributed by atoms with Gasteiger partial charge in [0.15, 0.2) is 0 Å². The Balaban J connectivity index is 1.75. The lowest BCUT2D eigenvalue weighted by atomic mass is 9.97. The summed E-state index contributed by atoms with van der Waals surface area (Å²) < 4.78 is 24.6. The van der Waals surface area contributed by atoms with Crippen LogP contribution in [0.5, 0.6) is 5.75 Å². The van der Waals surface area contributed by atoms with Crippen molar-refractivity contribution in [3.63, 3.8) is 0 Å². The van der Waals surface area contributed by atoms with Crippen molar-refractivity contribution in [2.24, 2.45) is 5.73 Å². The quantitative estimate of drug-likeness (QED) is 0.826. The van der Waals surface area contributed by atoms with Gasteiger partial charge < -0.3 is 20.1 Å². The van der Waals surface area contributed by atoms with E-state index in [4.69, 9.17) is 15.2 Å². The molecule has 27 heavy (non-hydrogen) atoms. The number of morpholine rings is 1. The first kappa shape index (κ1) is 18.8. The van der Waals surface area contributed by atoms with Crippen LogP contribution in [0.1, 0.15) is 16.8 Å². The van der Waals surface area contributed by atoms with E-state index >= 15 is 0 Å². The van der Waals surface area contributed by atoms with E-state index in [1.807, 2.05) is 0 Å². The second-order valence-corrected chi connectivity index (χ2v) is 6.39. The average Bonchev–Trinajstić information content (AvgIpc) is 2.67. The summed E-state index contributed by atoms with van der Waals surface area (Å²) in [6.45, 7) is 0.764. The monoisotopic (exact) mass is 373 g/mol. The normalized spacial score (nSPS) is 19.5. The van der Waals surface area contributed by atoms with E-state index in [0.29, 0.717) is 17.9 Å². The number of carbonyl (C=O) groups is 2. The minimum absolute atomic E-state index is 0.00160. The van der Waals surface area contributed by atoms with E-state index < -0.39 is 11.5 Å². The summed E-state index contributed by atoms with van der Waals surface area (Å²) in [6, 6.07) is 8.87. The number of carbonyl (C=O) groups excluding carboxylic acids is 2. The maximum absolute atomic E-state index is 13.0. The van der Waals surface area contributed by atoms with Crippen LogP contribution in [0, 0.1) is 5.82 Å². The van der Waals surface area contributed by atoms with Crippen molar-refractivity contribution in [3.05, 3.63) is 60.2 Å². The Kier molecular flexibility index (Phi) is 5.66. The second-order valence-electron chi connectivity index (χ2n) is 6.39. The van der Waals surface area contributed by atoms with Crippen molar-refractivity contribution < 1.29 is 23.5 Å². The van der Waals surface area contributed by atoms with Crippen LogP contribution in [0.15, 0.2) is 48.8 Å². The number of aromatic nitrogens is 1. The summed E-state index contributed by atoms with van der Waals surface area (Å²) in [5, 5.41) is 0. The molecule has 2 N–H and O–H groups in total. The number of hydrogen-bond acceptors (Lipinski definition) is 5. The van der Waals surface area contributed by atoms with Gasteiger partial charge in [0, 0.05) is 18.9 Å². The molecule has 2 aromatic rings. The summed E-state index contributed by atoms with van der Waals surface area (Å²) in [5.74, 6) is -0.716. The fraction of sp³-hybridized carbons (Fsp3) is 0.316. The van der Waals surface area contributed by atoms with Crippen molar-refractivity contribution in [1.29, 1.82) is 0 Å². The molecule has 0 unspecified atom stereocenters. The smallest absolute Gasteiger partial charge is 0.255 e. The maximum atomic E-state index is 13.0. The van der Waals surface area contributed by atoms with Gasteiger partial charge in [-0.05, 0) is 36.4 Å². The van der Waals surface area contributed by atoms with Gasteiger partial charge in [-0.1, -0.05) is 0 Å². The van der Waals surface area contributed by atoms with Gasteiger partial charge >= 0.3 is 0 Å². The Hall–Kier alpha value is -3.00. The van der Waals surface area contributed by atoms with Crippen LogP contribution in [0.2, 0.25) is 0 Å². The molecule has 1 saturated heterocycles. The zero-order valence-corrected chi connectivity index (χ0v) is 14.6. The number of benzene rings is 1. The molecule has 0 bridgehead atoms. The molecule has 7 nitrogen and oxygen atoms in total. The Labute approximate surface area is 155 Å². The number of ether oxygens (including phenoxy) is 2. The van der Waals surface area contributed by atoms with Gasteiger partial charge in [-0.3, -0.25) is 14.6 Å². The fourth-order valence-electron chi connectivity index (χ4n) is 3.00. The first-order valence-electron chi connectivity index (χ1n) is 8.47. The van der Waals surface area contributed by atoms with E-state index in [1.54, 1.807) is 23.2 Å². The van der Waals surface area contributed by atoms with Crippen LogP contribution in [0.25, 0.3) is 0 Å². The molecule has 8 heteroatoms. The van der Waals surface area contributed by atoms with Crippen LogP contribution in [-0.2, 0) is 9.53 Å². The van der Waals surface area contributed by atoms with E-state index in [1.165, 1.54) is 30.5 Å². The van der Waals surface area contributed by atoms with Crippen molar-refractivity contribution in [2.75, 3.05) is 26.3 Å². The highest BCUT2D eigenvalue weighted by atomic mass is 19.1. The zero-order chi connectivity index (χ0) is 19.3. The Morgan fingerprint density at radius 3 is 2.74 bits per heavy atom. The molecule has 1 aliphatic heterocycles. The van der Waals surface area contributed by atoms with Gasteiger partial charge in [-0.2, -0.15) is 0 Å². The number of nitrogens with zero attached hydrogens (tertiary/aromatic N) is 2. The van der Waals surface area contributed by atoms with Gasteiger partial charge in [0.25, 0.3) is 5.91 Å². The Morgan fingerprint density at radius 1 is 1.30 bits per heavy atom. The summed E-state index contributed by atoms with van der Waals surface area (Å²) >= 11 is 0. The topological polar surface area (TPSA) is 94.8 Å². The zero-order valence-electron chi connectivity index (χ0n) is 14.6. The fourth-order valence-corrected chi connectivity index (χ4v) is 3.00. The molecule has 2 amide bonds. The summed E-state index contributed by atoms with van der Waals surface area (Å²) in [5.41, 5.74) is 4.77. The van der Waals surface area contributed by atoms with Gasteiger partial charge in [0.05, 0.1) is 25.1 Å². The first-order chi connectivity index (χ1) is 13.0. The Bertz CT molecular complexity index is 800. The minimum atomic E-state index is -1.07. The number of pyridine rings is 1. The first-order valence-corrected chi connectivity index (χ1v) is 8.47. The predicted molar refractivity (Wildman–Crippen MR) is 94.5 cm³/mol. The van der Waals surface area contributed by atoms with Crippen molar-refractivity contribution in [1.82, 2.24) is 9.88 Å². The molecule has 3 rings (SSSR count). The SMILES string of the molecule is NC(=O)C[C@]1(COc2ccc(F)cc2)CN(C(=O)c2cccnc2)CCO1. The van der Waals surface area contributed by atoms with Gasteiger partial charge in [-0.25, -0.2) is 4.39 Å². The van der Waals surface area contributed by atoms with E-state index in [2.05, 4.69) is 4.98 Å². The van der Waals surface area contributed by atoms with Crippen molar-refractivity contribution in [3.8, 4) is 5.75 Å². The van der Waals surface area contributed by atoms with Crippen LogP contribution < -0.4 is 10.5 Å². The predicted octanol–water partition coefficient (Wildman–Crippen LogP) is 1.39. The third kappa shape index (κ3) is 4.79. The third-order valence-corrected chi connectivity index (χ3v) is 4.26. The number of nitrogens with two attached hydrogens (primary N) is 1. The van der Waals surface area contributed by atoms with Crippen LogP contribution in [0.3, 0.4) is 0 Å². The lowest BCUT2D eigenvalue weighted by Gasteiger charge is -2.41. The molecule has 0 aliphatic carbocycles. The van der Waals surface area contributed by atoms with Crippen LogP contribution in [0.4, 0.5) is 4.39 Å². The third-order valence-electron chi connectivity index (χ3n) is 4.26. The van der Waals surface area contributed by atoms with Crippen molar-refractivity contribution >= 4 is 11.8 Å². The highest BCUT2D eigenvalue weighted by Gasteiger charge is 2.41. The van der Waals surface area contributed by atoms with Crippen LogP contribution in [-0.4, -0.2) is 53.6 Å². The summed E-state index contributed by atoms with van der Waals surface area (Å²) in [6.07, 6.45) is 2.97. The highest BCUT2D eigenvalue weighted by molar-refractivity contribution is 5.94. The highest BCUT2D eigenvalue weighted by Crippen LogP contribution is 2.25. The van der Waals surface area contributed by atoms with Crippen LogP contribution >= 0.6 is 0 Å². The second kappa shape index (κ2) is 8.13. The lowest BCUT2D eigenvalue weighted by Crippen LogP contribution is -2.58. The largest absolute Gasteiger partial charge is 0.490 e. The standard InChI is InChI=1S/C19H20FN3O4/c20-15-3-5-16(6-4-15)26-13-19(10-17(21)24)12-23(8-9-27-19)18(25)14-2-1-7-22-11-14/h1-7,11H,8-10,12-13H2,(H2,21,24)/t19-/m1/s1. The van der Waals surface area contributed by atoms with Crippen molar-refractivity contribution in [2.45, 2.75) is 12.0 Å².